The highest BCUT2D eigenvalue weighted by Crippen LogP contribution is 2.53. The first-order valence-electron chi connectivity index (χ1n) is 6.51. The van der Waals surface area contributed by atoms with Gasteiger partial charge in [0.05, 0.1) is 12.2 Å². The van der Waals surface area contributed by atoms with Crippen molar-refractivity contribution in [3.63, 3.8) is 0 Å². The Morgan fingerprint density at radius 2 is 1.38 bits per heavy atom. The second-order valence-corrected chi connectivity index (χ2v) is 7.61. The summed E-state index contributed by atoms with van der Waals surface area (Å²) in [5.74, 6) is 0. The Morgan fingerprint density at radius 3 is 1.75 bits per heavy atom. The molecule has 1 aliphatic carbocycles. The van der Waals surface area contributed by atoms with Gasteiger partial charge in [-0.3, -0.25) is 0 Å². The van der Waals surface area contributed by atoms with E-state index in [0.717, 1.165) is 6.61 Å². The monoisotopic (exact) mass is 222 g/mol. The number of hydrogen-bond acceptors (Lipinski definition) is 1. The van der Waals surface area contributed by atoms with Crippen molar-refractivity contribution < 1.29 is 4.74 Å². The van der Waals surface area contributed by atoms with E-state index in [-0.39, 0.29) is 11.0 Å². The van der Waals surface area contributed by atoms with Crippen LogP contribution in [0.3, 0.4) is 0 Å². The lowest BCUT2D eigenvalue weighted by atomic mass is 9.72. The van der Waals surface area contributed by atoms with Crippen LogP contribution in [-0.2, 0) is 4.74 Å². The Balaban J connectivity index is 2.38. The van der Waals surface area contributed by atoms with Crippen LogP contribution in [0.2, 0.25) is 0 Å². The molecule has 0 bridgehead atoms. The maximum atomic E-state index is 6.08. The lowest BCUT2D eigenvalue weighted by Gasteiger charge is -2.39. The average molecular weight is 222 g/mol. The summed E-state index contributed by atoms with van der Waals surface area (Å²) in [5.41, 5.74) is 3.99. The fourth-order valence-electron chi connectivity index (χ4n) is 2.64. The molecule has 1 spiro atoms. The Kier molecular flexibility index (Phi) is 2.55. The Bertz CT molecular complexity index is 318. The fraction of sp³-hybridized carbons (Fsp3) is 0.867. The van der Waals surface area contributed by atoms with Gasteiger partial charge in [0.2, 0.25) is 0 Å². The van der Waals surface area contributed by atoms with Crippen LogP contribution in [0.5, 0.6) is 0 Å². The highest BCUT2D eigenvalue weighted by molar-refractivity contribution is 5.31. The molecule has 0 aromatic rings. The van der Waals surface area contributed by atoms with Crippen LogP contribution in [0.4, 0.5) is 0 Å². The molecule has 0 unspecified atom stereocenters. The van der Waals surface area contributed by atoms with E-state index in [2.05, 4.69) is 41.5 Å². The molecule has 1 heteroatoms. The van der Waals surface area contributed by atoms with Crippen LogP contribution >= 0.6 is 0 Å². The molecule has 1 aliphatic heterocycles. The molecule has 2 rings (SSSR count). The summed E-state index contributed by atoms with van der Waals surface area (Å²) in [4.78, 5) is 0. The molecule has 0 aromatic carbocycles. The largest absolute Gasteiger partial charge is 0.370 e. The predicted molar refractivity (Wildman–Crippen MR) is 68.5 cm³/mol. The summed E-state index contributed by atoms with van der Waals surface area (Å²) in [7, 11) is 0. The van der Waals surface area contributed by atoms with Crippen molar-refractivity contribution in [2.45, 2.75) is 66.4 Å². The smallest absolute Gasteiger partial charge is 0.0726 e. The van der Waals surface area contributed by atoms with Crippen molar-refractivity contribution >= 4 is 0 Å². The first-order chi connectivity index (χ1) is 7.14. The molecular weight excluding hydrogens is 196 g/mol. The molecule has 2 aliphatic rings. The van der Waals surface area contributed by atoms with Gasteiger partial charge < -0.3 is 4.74 Å². The van der Waals surface area contributed by atoms with E-state index < -0.39 is 0 Å². The van der Waals surface area contributed by atoms with Crippen LogP contribution in [0.1, 0.15) is 60.8 Å². The second kappa shape index (κ2) is 3.35. The van der Waals surface area contributed by atoms with Gasteiger partial charge in [-0.25, -0.2) is 0 Å². The molecule has 0 atom stereocenters. The van der Waals surface area contributed by atoms with E-state index in [4.69, 9.17) is 4.74 Å². The first kappa shape index (κ1) is 12.2. The summed E-state index contributed by atoms with van der Waals surface area (Å²) in [5, 5.41) is 0. The molecule has 0 N–H and O–H groups in total. The van der Waals surface area contributed by atoms with Gasteiger partial charge in [-0.15, -0.1) is 0 Å². The van der Waals surface area contributed by atoms with Gasteiger partial charge in [-0.1, -0.05) is 47.1 Å². The summed E-state index contributed by atoms with van der Waals surface area (Å²) in [6.07, 6.45) is 3.71. The van der Waals surface area contributed by atoms with Crippen molar-refractivity contribution in [1.29, 1.82) is 0 Å². The zero-order valence-corrected chi connectivity index (χ0v) is 11.7. The maximum absolute atomic E-state index is 6.08. The van der Waals surface area contributed by atoms with E-state index in [1.165, 1.54) is 24.8 Å². The van der Waals surface area contributed by atoms with Crippen molar-refractivity contribution in [3.8, 4) is 0 Å². The topological polar surface area (TPSA) is 9.23 Å². The van der Waals surface area contributed by atoms with Crippen LogP contribution < -0.4 is 0 Å². The highest BCUT2D eigenvalue weighted by atomic mass is 16.5. The molecule has 1 fully saturated rings. The molecular formula is C15H26O. The number of hydrogen-bond donors (Lipinski definition) is 0. The van der Waals surface area contributed by atoms with Gasteiger partial charge in [-0.2, -0.15) is 0 Å². The molecule has 1 saturated carbocycles. The van der Waals surface area contributed by atoms with Gasteiger partial charge in [0.1, 0.15) is 0 Å². The van der Waals surface area contributed by atoms with E-state index in [1.807, 2.05) is 0 Å². The van der Waals surface area contributed by atoms with Crippen molar-refractivity contribution in [2.75, 3.05) is 6.61 Å². The van der Waals surface area contributed by atoms with E-state index >= 15 is 0 Å². The van der Waals surface area contributed by atoms with Crippen molar-refractivity contribution in [2.24, 2.45) is 10.8 Å². The summed E-state index contributed by atoms with van der Waals surface area (Å²) >= 11 is 0. The van der Waals surface area contributed by atoms with E-state index in [0.29, 0.717) is 5.41 Å². The molecule has 92 valence electrons. The zero-order valence-electron chi connectivity index (χ0n) is 11.7. The Hall–Kier alpha value is -0.300. The van der Waals surface area contributed by atoms with Crippen LogP contribution in [0, 0.1) is 10.8 Å². The van der Waals surface area contributed by atoms with E-state index in [9.17, 15) is 0 Å². The predicted octanol–water partition coefficient (Wildman–Crippen LogP) is 4.33. The molecule has 1 heterocycles. The SMILES string of the molecule is CC(C)(C)C1=C(C(C)(C)C)CC2(CC2)OC1. The second-order valence-electron chi connectivity index (χ2n) is 7.61. The third-order valence-electron chi connectivity index (χ3n) is 4.00. The van der Waals surface area contributed by atoms with Crippen LogP contribution in [0.25, 0.3) is 0 Å². The van der Waals surface area contributed by atoms with Gasteiger partial charge in [0.25, 0.3) is 0 Å². The quantitative estimate of drug-likeness (QED) is 0.554. The molecule has 0 amide bonds. The highest BCUT2D eigenvalue weighted by Gasteiger charge is 2.49. The van der Waals surface area contributed by atoms with E-state index in [1.54, 1.807) is 5.57 Å². The van der Waals surface area contributed by atoms with Crippen molar-refractivity contribution in [1.82, 2.24) is 0 Å². The maximum Gasteiger partial charge on any atom is 0.0726 e. The Labute approximate surface area is 100 Å². The molecule has 0 saturated heterocycles. The van der Waals surface area contributed by atoms with Crippen LogP contribution in [0.15, 0.2) is 11.1 Å². The lowest BCUT2D eigenvalue weighted by Crippen LogP contribution is -2.33. The number of rotatable bonds is 0. The summed E-state index contributed by atoms with van der Waals surface area (Å²) in [6, 6.07) is 0. The van der Waals surface area contributed by atoms with Gasteiger partial charge in [-0.05, 0) is 35.7 Å². The van der Waals surface area contributed by atoms with Gasteiger partial charge in [0, 0.05) is 0 Å². The van der Waals surface area contributed by atoms with Gasteiger partial charge >= 0.3 is 0 Å². The minimum Gasteiger partial charge on any atom is -0.370 e. The zero-order chi connectivity index (χ0) is 12.2. The summed E-state index contributed by atoms with van der Waals surface area (Å²) in [6.45, 7) is 14.8. The molecule has 0 radical (unpaired) electrons. The van der Waals surface area contributed by atoms with Crippen molar-refractivity contribution in [3.05, 3.63) is 11.1 Å². The average Bonchev–Trinajstić information content (AvgIpc) is 2.81. The fourth-order valence-corrected chi connectivity index (χ4v) is 2.64. The van der Waals surface area contributed by atoms with Gasteiger partial charge in [0.15, 0.2) is 0 Å². The minimum absolute atomic E-state index is 0.247. The summed E-state index contributed by atoms with van der Waals surface area (Å²) < 4.78 is 6.08. The lowest BCUT2D eigenvalue weighted by molar-refractivity contribution is 0.0227. The van der Waals surface area contributed by atoms with Crippen LogP contribution in [-0.4, -0.2) is 12.2 Å². The Morgan fingerprint density at radius 1 is 0.875 bits per heavy atom. The first-order valence-corrected chi connectivity index (χ1v) is 6.51. The third-order valence-corrected chi connectivity index (χ3v) is 4.00. The minimum atomic E-state index is 0.247. The standard InChI is InChI=1S/C15H26O/c1-13(2,3)11-9-15(7-8-15)16-10-12(11)14(4,5)6/h7-10H2,1-6H3. The molecule has 16 heavy (non-hydrogen) atoms. The number of ether oxygens (including phenoxy) is 1. The normalized spacial score (nSPS) is 25.1. The third kappa shape index (κ3) is 2.20. The molecule has 1 nitrogen and oxygen atoms in total. The molecule has 0 aromatic heterocycles.